The van der Waals surface area contributed by atoms with E-state index in [1.54, 1.807) is 0 Å². The molecule has 0 spiro atoms. The van der Waals surface area contributed by atoms with Gasteiger partial charge in [0.15, 0.2) is 0 Å². The molecule has 0 bridgehead atoms. The van der Waals surface area contributed by atoms with Crippen LogP contribution in [0.3, 0.4) is 0 Å². The largest absolute Gasteiger partial charge is 0.273 e. The molecule has 4 rings (SSSR count). The molecule has 0 amide bonds. The molecule has 2 aliphatic carbocycles. The third-order valence-corrected chi connectivity index (χ3v) is 9.91. The molecule has 0 N–H and O–H groups in total. The fourth-order valence-electron chi connectivity index (χ4n) is 3.36. The van der Waals surface area contributed by atoms with Crippen LogP contribution in [0.1, 0.15) is 33.3 Å². The molecule has 0 aliphatic heterocycles. The fourth-order valence-corrected chi connectivity index (χ4v) is 8.09. The maximum atomic E-state index is 7.01. The van der Waals surface area contributed by atoms with Gasteiger partial charge in [-0.05, 0) is 22.3 Å². The van der Waals surface area contributed by atoms with Crippen molar-refractivity contribution in [2.45, 2.75) is 11.1 Å². The van der Waals surface area contributed by atoms with Gasteiger partial charge in [-0.15, -0.1) is 22.2 Å². The number of fused-ring (bicyclic) bond motifs is 2. The Balaban J connectivity index is 1.76. The topological polar surface area (TPSA) is 0 Å². The summed E-state index contributed by atoms with van der Waals surface area (Å²) in [6.07, 6.45) is 8.67. The third-order valence-electron chi connectivity index (χ3n) is 4.43. The van der Waals surface area contributed by atoms with E-state index in [0.717, 1.165) is 0 Å². The summed E-state index contributed by atoms with van der Waals surface area (Å²) in [5.74, 6) is 0. The zero-order chi connectivity index (χ0) is 14.4. The van der Waals surface area contributed by atoms with Gasteiger partial charge in [-0.1, -0.05) is 72.8 Å². The minimum atomic E-state index is -2.57. The molecule has 21 heavy (non-hydrogen) atoms. The van der Waals surface area contributed by atoms with E-state index in [0.29, 0.717) is 0 Å². The molecule has 2 aliphatic rings. The Bertz CT molecular complexity index is 698. The highest BCUT2D eigenvalue weighted by molar-refractivity contribution is 7.46. The predicted octanol–water partition coefficient (Wildman–Crippen LogP) is 5.61. The van der Waals surface area contributed by atoms with E-state index in [4.69, 9.17) is 22.2 Å². The van der Waals surface area contributed by atoms with Gasteiger partial charge >= 0.3 is 0 Å². The SMILES string of the molecule is Cl[Si](Cl)(C1C=Cc2ccccc21)C1C=Cc2ccccc21. The molecule has 2 atom stereocenters. The van der Waals surface area contributed by atoms with Crippen LogP contribution in [0.15, 0.2) is 60.7 Å². The summed E-state index contributed by atoms with van der Waals surface area (Å²) in [6.45, 7) is -2.57. The molecule has 104 valence electrons. The van der Waals surface area contributed by atoms with Crippen LogP contribution < -0.4 is 0 Å². The summed E-state index contributed by atoms with van der Waals surface area (Å²) in [5, 5.41) is 0. The van der Waals surface area contributed by atoms with Crippen LogP contribution in [0.25, 0.3) is 12.2 Å². The van der Waals surface area contributed by atoms with Crippen molar-refractivity contribution in [1.29, 1.82) is 0 Å². The van der Waals surface area contributed by atoms with E-state index in [1.807, 2.05) is 0 Å². The van der Waals surface area contributed by atoms with Crippen molar-refractivity contribution in [2.24, 2.45) is 0 Å². The molecular weight excluding hydrogens is 315 g/mol. The van der Waals surface area contributed by atoms with Crippen LogP contribution in [-0.4, -0.2) is 6.69 Å². The van der Waals surface area contributed by atoms with Crippen molar-refractivity contribution in [3.8, 4) is 0 Å². The third kappa shape index (κ3) is 2.03. The summed E-state index contributed by atoms with van der Waals surface area (Å²) in [7, 11) is 0. The van der Waals surface area contributed by atoms with Crippen molar-refractivity contribution in [1.82, 2.24) is 0 Å². The zero-order valence-electron chi connectivity index (χ0n) is 11.3. The predicted molar refractivity (Wildman–Crippen MR) is 93.9 cm³/mol. The second kappa shape index (κ2) is 4.87. The van der Waals surface area contributed by atoms with Crippen molar-refractivity contribution < 1.29 is 0 Å². The molecule has 0 heterocycles. The Morgan fingerprint density at radius 3 is 1.57 bits per heavy atom. The lowest BCUT2D eigenvalue weighted by molar-refractivity contribution is 1.11. The summed E-state index contributed by atoms with van der Waals surface area (Å²) in [4.78, 5) is 0. The lowest BCUT2D eigenvalue weighted by atomic mass is 10.1. The molecule has 0 nitrogen and oxygen atoms in total. The van der Waals surface area contributed by atoms with Gasteiger partial charge in [0.05, 0.1) is 0 Å². The second-order valence-corrected chi connectivity index (χ2v) is 12.5. The van der Waals surface area contributed by atoms with Gasteiger partial charge in [-0.25, -0.2) is 0 Å². The number of hydrogen-bond acceptors (Lipinski definition) is 0. The molecule has 3 heteroatoms. The molecule has 0 fully saturated rings. The highest BCUT2D eigenvalue weighted by atomic mass is 35.7. The van der Waals surface area contributed by atoms with Gasteiger partial charge in [0.2, 0.25) is 0 Å². The van der Waals surface area contributed by atoms with E-state index in [2.05, 4.69) is 72.8 Å². The smallest absolute Gasteiger partial charge is 0.144 e. The molecule has 2 aromatic carbocycles. The van der Waals surface area contributed by atoms with Crippen molar-refractivity contribution in [3.63, 3.8) is 0 Å². The summed E-state index contributed by atoms with van der Waals surface area (Å²) >= 11 is 14.0. The first-order chi connectivity index (χ1) is 10.2. The minimum absolute atomic E-state index is 0.151. The van der Waals surface area contributed by atoms with Crippen LogP contribution in [0.2, 0.25) is 0 Å². The summed E-state index contributed by atoms with van der Waals surface area (Å²) in [5.41, 5.74) is 5.33. The average Bonchev–Trinajstić information content (AvgIpc) is 3.12. The Kier molecular flexibility index (Phi) is 3.11. The highest BCUT2D eigenvalue weighted by Gasteiger charge is 2.48. The fraction of sp³-hybridized carbons (Fsp3) is 0.111. The molecule has 2 unspecified atom stereocenters. The number of benzene rings is 2. The van der Waals surface area contributed by atoms with Crippen LogP contribution in [-0.2, 0) is 0 Å². The molecule has 0 aromatic heterocycles. The van der Waals surface area contributed by atoms with Gasteiger partial charge in [-0.3, -0.25) is 0 Å². The van der Waals surface area contributed by atoms with Crippen LogP contribution in [0.4, 0.5) is 0 Å². The number of halogens is 2. The Morgan fingerprint density at radius 1 is 0.667 bits per heavy atom. The highest BCUT2D eigenvalue weighted by Crippen LogP contribution is 2.50. The Labute approximate surface area is 135 Å². The van der Waals surface area contributed by atoms with Gasteiger partial charge < -0.3 is 0 Å². The Hall–Kier alpha value is -1.28. The van der Waals surface area contributed by atoms with Crippen molar-refractivity contribution in [3.05, 3.63) is 82.9 Å². The summed E-state index contributed by atoms with van der Waals surface area (Å²) < 4.78 is 0. The van der Waals surface area contributed by atoms with Crippen LogP contribution in [0, 0.1) is 0 Å². The van der Waals surface area contributed by atoms with Gasteiger partial charge in [-0.2, -0.15) is 0 Å². The zero-order valence-corrected chi connectivity index (χ0v) is 13.9. The maximum absolute atomic E-state index is 7.01. The van der Waals surface area contributed by atoms with E-state index < -0.39 is 6.69 Å². The first-order valence-electron chi connectivity index (χ1n) is 7.10. The van der Waals surface area contributed by atoms with Crippen LogP contribution >= 0.6 is 22.2 Å². The molecule has 0 saturated carbocycles. The summed E-state index contributed by atoms with van der Waals surface area (Å²) in [6, 6.07) is 16.8. The van der Waals surface area contributed by atoms with Gasteiger partial charge in [0, 0.05) is 11.1 Å². The van der Waals surface area contributed by atoms with Gasteiger partial charge in [0.1, 0.15) is 0 Å². The first-order valence-corrected chi connectivity index (χ1v) is 11.3. The lowest BCUT2D eigenvalue weighted by Crippen LogP contribution is -2.35. The molecular formula is C18H14Cl2Si. The molecule has 0 saturated heterocycles. The van der Waals surface area contributed by atoms with Gasteiger partial charge in [0.25, 0.3) is 6.69 Å². The minimum Gasteiger partial charge on any atom is -0.144 e. The van der Waals surface area contributed by atoms with E-state index >= 15 is 0 Å². The number of hydrogen-bond donors (Lipinski definition) is 0. The standard InChI is InChI=1S/C18H14Cl2Si/c19-21(20,17-11-9-13-5-1-3-7-15(13)17)18-12-10-14-6-2-4-8-16(14)18/h1-12,17-18H. The van der Waals surface area contributed by atoms with Crippen molar-refractivity contribution in [2.75, 3.05) is 0 Å². The van der Waals surface area contributed by atoms with Crippen molar-refractivity contribution >= 4 is 41.0 Å². The Morgan fingerprint density at radius 2 is 1.10 bits per heavy atom. The average molecular weight is 329 g/mol. The normalized spacial score (nSPS) is 22.4. The quantitative estimate of drug-likeness (QED) is 0.496. The first kappa shape index (κ1) is 13.4. The maximum Gasteiger partial charge on any atom is 0.273 e. The molecule has 2 aromatic rings. The number of rotatable bonds is 2. The monoisotopic (exact) mass is 328 g/mol. The molecule has 0 radical (unpaired) electrons. The van der Waals surface area contributed by atoms with E-state index in [1.165, 1.54) is 22.3 Å². The van der Waals surface area contributed by atoms with E-state index in [9.17, 15) is 0 Å². The van der Waals surface area contributed by atoms with Crippen LogP contribution in [0.5, 0.6) is 0 Å². The number of allylic oxidation sites excluding steroid dienone is 2. The van der Waals surface area contributed by atoms with E-state index in [-0.39, 0.29) is 11.1 Å². The lowest BCUT2D eigenvalue weighted by Gasteiger charge is -2.29. The second-order valence-electron chi connectivity index (χ2n) is 5.61.